The van der Waals surface area contributed by atoms with Crippen molar-refractivity contribution < 1.29 is 4.79 Å². The van der Waals surface area contributed by atoms with Gasteiger partial charge in [-0.3, -0.25) is 10.2 Å². The fraction of sp³-hybridized carbons (Fsp3) is 0.158. The molecular formula is C19H19N5OS. The first-order valence-electron chi connectivity index (χ1n) is 7.88. The van der Waals surface area contributed by atoms with Gasteiger partial charge in [0.05, 0.1) is 6.07 Å². The van der Waals surface area contributed by atoms with Gasteiger partial charge in [0.1, 0.15) is 11.6 Å². The van der Waals surface area contributed by atoms with E-state index >= 15 is 0 Å². The molecule has 0 saturated carbocycles. The van der Waals surface area contributed by atoms with Gasteiger partial charge in [0, 0.05) is 5.69 Å². The van der Waals surface area contributed by atoms with E-state index in [-0.39, 0.29) is 10.8 Å². The van der Waals surface area contributed by atoms with Gasteiger partial charge in [0.2, 0.25) is 0 Å². The van der Waals surface area contributed by atoms with E-state index in [0.717, 1.165) is 11.1 Å². The molecule has 0 aromatic heterocycles. The highest BCUT2D eigenvalue weighted by molar-refractivity contribution is 7.80. The van der Waals surface area contributed by atoms with Crippen molar-refractivity contribution in [1.82, 2.24) is 5.43 Å². The van der Waals surface area contributed by atoms with Gasteiger partial charge in [-0.15, -0.1) is 0 Å². The van der Waals surface area contributed by atoms with Crippen molar-refractivity contribution >= 4 is 34.6 Å². The Morgan fingerprint density at radius 3 is 2.46 bits per heavy atom. The Kier molecular flexibility index (Phi) is 6.42. The molecule has 26 heavy (non-hydrogen) atoms. The molecule has 2 rings (SSSR count). The number of nitriles is 1. The maximum absolute atomic E-state index is 12.8. The van der Waals surface area contributed by atoms with E-state index in [4.69, 9.17) is 18.0 Å². The first kappa shape index (κ1) is 19.1. The number of anilines is 1. The molecule has 0 aliphatic heterocycles. The average Bonchev–Trinajstić information content (AvgIpc) is 2.62. The lowest BCUT2D eigenvalue weighted by Gasteiger charge is -2.14. The van der Waals surface area contributed by atoms with Crippen LogP contribution in [0, 0.1) is 25.2 Å². The Labute approximate surface area is 157 Å². The lowest BCUT2D eigenvalue weighted by molar-refractivity contribution is -0.110. The van der Waals surface area contributed by atoms with Crippen LogP contribution in [0.1, 0.15) is 22.6 Å². The minimum absolute atomic E-state index is 0.0234. The number of nitrogens with zero attached hydrogens (tertiary/aromatic N) is 2. The molecule has 0 spiro atoms. The summed E-state index contributed by atoms with van der Waals surface area (Å²) >= 11 is 4.75. The van der Waals surface area contributed by atoms with Gasteiger partial charge in [-0.1, -0.05) is 36.4 Å². The zero-order valence-electron chi connectivity index (χ0n) is 14.5. The maximum atomic E-state index is 12.8. The molecule has 0 aliphatic carbocycles. The monoisotopic (exact) mass is 365 g/mol. The van der Waals surface area contributed by atoms with Crippen molar-refractivity contribution in [3.8, 4) is 6.07 Å². The molecule has 1 atom stereocenters. The SMILES string of the molecule is Cc1ccc(NC(=O)C(=NNC(N)=S)C(C#N)c2ccccc2)cc1C. The van der Waals surface area contributed by atoms with Crippen LogP contribution < -0.4 is 16.5 Å². The standard InChI is InChI=1S/C19H19N5OS/c1-12-8-9-15(10-13(12)2)22-18(25)17(23-24-19(21)26)16(11-20)14-6-4-3-5-7-14/h3-10,16H,1-2H3,(H,22,25)(H3,21,24,26). The Bertz CT molecular complexity index is 887. The summed E-state index contributed by atoms with van der Waals surface area (Å²) in [5, 5.41) is 16.3. The van der Waals surface area contributed by atoms with Crippen molar-refractivity contribution in [3.63, 3.8) is 0 Å². The third-order valence-corrected chi connectivity index (χ3v) is 3.91. The normalized spacial score (nSPS) is 12.0. The molecule has 2 aromatic rings. The molecule has 0 bridgehead atoms. The van der Waals surface area contributed by atoms with Crippen molar-refractivity contribution in [2.24, 2.45) is 10.8 Å². The quantitative estimate of drug-likeness (QED) is 0.429. The first-order valence-corrected chi connectivity index (χ1v) is 8.29. The predicted molar refractivity (Wildman–Crippen MR) is 107 cm³/mol. The summed E-state index contributed by atoms with van der Waals surface area (Å²) in [6.07, 6.45) is 0. The van der Waals surface area contributed by atoms with Crippen LogP contribution in [-0.2, 0) is 4.79 Å². The van der Waals surface area contributed by atoms with E-state index in [1.54, 1.807) is 30.3 Å². The zero-order valence-corrected chi connectivity index (χ0v) is 15.3. The van der Waals surface area contributed by atoms with E-state index in [1.165, 1.54) is 0 Å². The molecule has 7 heteroatoms. The van der Waals surface area contributed by atoms with Crippen LogP contribution in [0.5, 0.6) is 0 Å². The topological polar surface area (TPSA) is 103 Å². The molecule has 6 nitrogen and oxygen atoms in total. The molecule has 0 heterocycles. The Morgan fingerprint density at radius 2 is 1.88 bits per heavy atom. The molecule has 0 fully saturated rings. The Hall–Kier alpha value is -3.24. The van der Waals surface area contributed by atoms with E-state index in [1.807, 2.05) is 32.0 Å². The molecule has 1 amide bonds. The molecule has 0 saturated heterocycles. The number of nitrogens with one attached hydrogen (secondary N) is 2. The van der Waals surface area contributed by atoms with Gasteiger partial charge < -0.3 is 11.1 Å². The summed E-state index contributed by atoms with van der Waals surface area (Å²) < 4.78 is 0. The number of hydrogen-bond acceptors (Lipinski definition) is 4. The number of thiocarbonyl (C=S) groups is 1. The van der Waals surface area contributed by atoms with Gasteiger partial charge in [-0.05, 0) is 54.9 Å². The lowest BCUT2D eigenvalue weighted by atomic mass is 9.95. The van der Waals surface area contributed by atoms with Crippen molar-refractivity contribution in [2.75, 3.05) is 5.32 Å². The number of benzene rings is 2. The van der Waals surface area contributed by atoms with Crippen LogP contribution in [0.15, 0.2) is 53.6 Å². The second-order valence-corrected chi connectivity index (χ2v) is 6.14. The molecule has 4 N–H and O–H groups in total. The second-order valence-electron chi connectivity index (χ2n) is 5.70. The van der Waals surface area contributed by atoms with Crippen LogP contribution in [0.2, 0.25) is 0 Å². The van der Waals surface area contributed by atoms with Gasteiger partial charge in [-0.25, -0.2) is 0 Å². The molecule has 2 aromatic carbocycles. The molecule has 0 radical (unpaired) electrons. The minimum atomic E-state index is -0.871. The van der Waals surface area contributed by atoms with Gasteiger partial charge in [-0.2, -0.15) is 10.4 Å². The van der Waals surface area contributed by atoms with Crippen LogP contribution in [0.3, 0.4) is 0 Å². The fourth-order valence-corrected chi connectivity index (χ4v) is 2.36. The largest absolute Gasteiger partial charge is 0.375 e. The second kappa shape index (κ2) is 8.74. The third-order valence-electron chi connectivity index (χ3n) is 3.82. The number of carbonyl (C=O) groups excluding carboxylic acids is 1. The van der Waals surface area contributed by atoms with Crippen molar-refractivity contribution in [3.05, 3.63) is 65.2 Å². The molecule has 0 aliphatic rings. The average molecular weight is 365 g/mol. The van der Waals surface area contributed by atoms with Crippen LogP contribution >= 0.6 is 12.2 Å². The van der Waals surface area contributed by atoms with Crippen LogP contribution in [0.25, 0.3) is 0 Å². The zero-order chi connectivity index (χ0) is 19.1. The summed E-state index contributed by atoms with van der Waals surface area (Å²) in [6, 6.07) is 16.6. The Morgan fingerprint density at radius 1 is 1.19 bits per heavy atom. The highest BCUT2D eigenvalue weighted by atomic mass is 32.1. The highest BCUT2D eigenvalue weighted by Gasteiger charge is 2.25. The smallest absolute Gasteiger partial charge is 0.273 e. The van der Waals surface area contributed by atoms with Crippen LogP contribution in [-0.4, -0.2) is 16.7 Å². The summed E-state index contributed by atoms with van der Waals surface area (Å²) in [5.74, 6) is -1.38. The third kappa shape index (κ3) is 4.88. The molecule has 1 unspecified atom stereocenters. The first-order chi connectivity index (χ1) is 12.4. The number of amides is 1. The number of hydrazone groups is 1. The summed E-state index contributed by atoms with van der Waals surface area (Å²) in [4.78, 5) is 12.8. The molecular weight excluding hydrogens is 346 g/mol. The van der Waals surface area contributed by atoms with Crippen molar-refractivity contribution in [1.29, 1.82) is 5.26 Å². The van der Waals surface area contributed by atoms with E-state index < -0.39 is 11.8 Å². The van der Waals surface area contributed by atoms with Gasteiger partial charge >= 0.3 is 0 Å². The number of aryl methyl sites for hydroxylation is 2. The summed E-state index contributed by atoms with van der Waals surface area (Å²) in [5.41, 5.74) is 11.2. The van der Waals surface area contributed by atoms with E-state index in [0.29, 0.717) is 11.3 Å². The fourth-order valence-electron chi connectivity index (χ4n) is 2.32. The van der Waals surface area contributed by atoms with Crippen LogP contribution in [0.4, 0.5) is 5.69 Å². The van der Waals surface area contributed by atoms with E-state index in [2.05, 4.69) is 21.9 Å². The molecule has 132 valence electrons. The number of hydrogen-bond donors (Lipinski definition) is 3. The highest BCUT2D eigenvalue weighted by Crippen LogP contribution is 2.19. The Balaban J connectivity index is 2.35. The predicted octanol–water partition coefficient (Wildman–Crippen LogP) is 2.74. The van der Waals surface area contributed by atoms with Gasteiger partial charge in [0.25, 0.3) is 5.91 Å². The van der Waals surface area contributed by atoms with Crippen molar-refractivity contribution in [2.45, 2.75) is 19.8 Å². The lowest BCUT2D eigenvalue weighted by Crippen LogP contribution is -2.33. The van der Waals surface area contributed by atoms with E-state index in [9.17, 15) is 10.1 Å². The summed E-state index contributed by atoms with van der Waals surface area (Å²) in [7, 11) is 0. The summed E-state index contributed by atoms with van der Waals surface area (Å²) in [6.45, 7) is 3.94. The van der Waals surface area contributed by atoms with Gasteiger partial charge in [0.15, 0.2) is 5.11 Å². The minimum Gasteiger partial charge on any atom is -0.375 e. The number of nitrogens with two attached hydrogens (primary N) is 1. The number of carbonyl (C=O) groups is 1. The number of rotatable bonds is 5. The maximum Gasteiger partial charge on any atom is 0.273 e.